The molecule has 2 rings (SSSR count). The molecule has 0 bridgehead atoms. The van der Waals surface area contributed by atoms with Gasteiger partial charge in [0, 0.05) is 18.7 Å². The monoisotopic (exact) mass is 412 g/mol. The number of benzene rings is 1. The van der Waals surface area contributed by atoms with Crippen molar-refractivity contribution in [3.63, 3.8) is 0 Å². The fourth-order valence-corrected chi connectivity index (χ4v) is 3.42. The summed E-state index contributed by atoms with van der Waals surface area (Å²) in [6.45, 7) is 1.63. The van der Waals surface area contributed by atoms with Gasteiger partial charge in [-0.3, -0.25) is 4.79 Å². The number of aromatic nitrogens is 1. The Morgan fingerprint density at radius 1 is 1.14 bits per heavy atom. The van der Waals surface area contributed by atoms with Gasteiger partial charge >= 0.3 is 5.97 Å². The van der Waals surface area contributed by atoms with Crippen LogP contribution in [0.15, 0.2) is 24.3 Å². The Morgan fingerprint density at radius 3 is 2.31 bits per heavy atom. The molecule has 0 aliphatic carbocycles. The van der Waals surface area contributed by atoms with Crippen LogP contribution in [0.4, 0.5) is 0 Å². The van der Waals surface area contributed by atoms with Crippen molar-refractivity contribution in [2.45, 2.75) is 19.8 Å². The van der Waals surface area contributed by atoms with Gasteiger partial charge in [0.2, 0.25) is 0 Å². The van der Waals surface area contributed by atoms with E-state index in [1.807, 2.05) is 24.3 Å². The standard InChI is InChI=1S/C20H20N4O4S/c1-14-18(29-19(23-14)15-5-7-16(27-2)8-6-15)20(26)28-13-17(25)24(11-3-9-21)12-4-10-22/h5-8H,3-4,11-13H2,1-2H3. The first-order valence-electron chi connectivity index (χ1n) is 8.80. The molecule has 9 heteroatoms. The predicted molar refractivity (Wildman–Crippen MR) is 106 cm³/mol. The Kier molecular flexibility index (Phi) is 8.13. The SMILES string of the molecule is COc1ccc(-c2nc(C)c(C(=O)OCC(=O)N(CCC#N)CCC#N)s2)cc1. The Labute approximate surface area is 172 Å². The molecule has 0 saturated heterocycles. The van der Waals surface area contributed by atoms with Crippen molar-refractivity contribution in [1.82, 2.24) is 9.88 Å². The lowest BCUT2D eigenvalue weighted by molar-refractivity contribution is -0.134. The summed E-state index contributed by atoms with van der Waals surface area (Å²) in [5, 5.41) is 18.0. The van der Waals surface area contributed by atoms with E-state index in [2.05, 4.69) is 4.98 Å². The van der Waals surface area contributed by atoms with Gasteiger partial charge < -0.3 is 14.4 Å². The molecule has 1 amide bonds. The smallest absolute Gasteiger partial charge is 0.350 e. The highest BCUT2D eigenvalue weighted by atomic mass is 32.1. The molecule has 150 valence electrons. The Bertz CT molecular complexity index is 923. The first-order valence-corrected chi connectivity index (χ1v) is 9.62. The van der Waals surface area contributed by atoms with Crippen LogP contribution in [-0.4, -0.2) is 48.6 Å². The molecule has 0 radical (unpaired) electrons. The number of hydrogen-bond acceptors (Lipinski definition) is 8. The van der Waals surface area contributed by atoms with E-state index >= 15 is 0 Å². The molecular weight excluding hydrogens is 392 g/mol. The Morgan fingerprint density at radius 2 is 1.76 bits per heavy atom. The molecule has 0 fully saturated rings. The number of amides is 1. The number of hydrogen-bond donors (Lipinski definition) is 0. The summed E-state index contributed by atoms with van der Waals surface area (Å²) >= 11 is 1.18. The maximum absolute atomic E-state index is 12.4. The van der Waals surface area contributed by atoms with Crippen LogP contribution < -0.4 is 4.74 Å². The summed E-state index contributed by atoms with van der Waals surface area (Å²) < 4.78 is 10.3. The molecule has 8 nitrogen and oxygen atoms in total. The molecule has 0 saturated carbocycles. The van der Waals surface area contributed by atoms with Gasteiger partial charge in [-0.15, -0.1) is 11.3 Å². The molecule has 1 aromatic carbocycles. The number of aryl methyl sites for hydroxylation is 1. The quantitative estimate of drug-likeness (QED) is 0.581. The summed E-state index contributed by atoms with van der Waals surface area (Å²) in [7, 11) is 1.58. The second-order valence-electron chi connectivity index (χ2n) is 5.94. The number of thiazole rings is 1. The molecule has 0 unspecified atom stereocenters. The normalized spacial score (nSPS) is 9.93. The van der Waals surface area contributed by atoms with Crippen LogP contribution in [0, 0.1) is 29.6 Å². The molecule has 0 N–H and O–H groups in total. The maximum atomic E-state index is 12.4. The minimum Gasteiger partial charge on any atom is -0.497 e. The number of methoxy groups -OCH3 is 1. The first kappa shape index (κ1) is 21.9. The number of carbonyl (C=O) groups excluding carboxylic acids is 2. The second-order valence-corrected chi connectivity index (χ2v) is 6.93. The van der Waals surface area contributed by atoms with Crippen molar-refractivity contribution in [2.75, 3.05) is 26.8 Å². The zero-order valence-corrected chi connectivity index (χ0v) is 17.0. The van der Waals surface area contributed by atoms with E-state index in [9.17, 15) is 9.59 Å². The number of esters is 1. The predicted octanol–water partition coefficient (Wildman–Crippen LogP) is 2.94. The minimum atomic E-state index is -0.631. The summed E-state index contributed by atoms with van der Waals surface area (Å²) in [4.78, 5) is 30.8. The second kappa shape index (κ2) is 10.8. The molecule has 1 aromatic heterocycles. The van der Waals surface area contributed by atoms with Gasteiger partial charge in [-0.05, 0) is 31.2 Å². The van der Waals surface area contributed by atoms with Gasteiger partial charge in [-0.25, -0.2) is 9.78 Å². The third-order valence-electron chi connectivity index (χ3n) is 3.99. The summed E-state index contributed by atoms with van der Waals surface area (Å²) in [5.41, 5.74) is 1.36. The first-order chi connectivity index (χ1) is 14.0. The zero-order chi connectivity index (χ0) is 21.2. The van der Waals surface area contributed by atoms with E-state index in [1.54, 1.807) is 26.2 Å². The van der Waals surface area contributed by atoms with Crippen LogP contribution in [0.5, 0.6) is 5.75 Å². The van der Waals surface area contributed by atoms with Gasteiger partial charge in [-0.1, -0.05) is 0 Å². The fraction of sp³-hybridized carbons (Fsp3) is 0.350. The third-order valence-corrected chi connectivity index (χ3v) is 5.17. The Balaban J connectivity index is 2.03. The molecule has 0 aliphatic heterocycles. The van der Waals surface area contributed by atoms with Gasteiger partial charge in [0.05, 0.1) is 37.8 Å². The minimum absolute atomic E-state index is 0.143. The van der Waals surface area contributed by atoms with E-state index in [1.165, 1.54) is 16.2 Å². The van der Waals surface area contributed by atoms with Crippen molar-refractivity contribution >= 4 is 23.2 Å². The molecule has 2 aromatic rings. The van der Waals surface area contributed by atoms with Gasteiger partial charge in [0.15, 0.2) is 6.61 Å². The van der Waals surface area contributed by atoms with Crippen LogP contribution in [0.25, 0.3) is 10.6 Å². The van der Waals surface area contributed by atoms with Crippen molar-refractivity contribution in [3.8, 4) is 28.5 Å². The number of rotatable bonds is 9. The van der Waals surface area contributed by atoms with Gasteiger partial charge in [0.1, 0.15) is 15.6 Å². The van der Waals surface area contributed by atoms with Crippen molar-refractivity contribution in [1.29, 1.82) is 10.5 Å². The largest absolute Gasteiger partial charge is 0.497 e. The molecule has 0 spiro atoms. The average Bonchev–Trinajstić information content (AvgIpc) is 3.13. The topological polar surface area (TPSA) is 116 Å². The molecule has 0 atom stereocenters. The lowest BCUT2D eigenvalue weighted by Gasteiger charge is -2.19. The van der Waals surface area contributed by atoms with E-state index < -0.39 is 18.5 Å². The Hall–Kier alpha value is -3.43. The van der Waals surface area contributed by atoms with E-state index in [0.29, 0.717) is 15.6 Å². The van der Waals surface area contributed by atoms with Crippen LogP contribution in [-0.2, 0) is 9.53 Å². The summed E-state index contributed by atoms with van der Waals surface area (Å²) in [6.07, 6.45) is 0.286. The number of carbonyl (C=O) groups is 2. The third kappa shape index (κ3) is 6.03. The van der Waals surface area contributed by atoms with E-state index in [-0.39, 0.29) is 25.9 Å². The summed E-state index contributed by atoms with van der Waals surface area (Å²) in [5.74, 6) is -0.354. The molecule has 0 aliphatic rings. The highest BCUT2D eigenvalue weighted by molar-refractivity contribution is 7.17. The molecule has 29 heavy (non-hydrogen) atoms. The average molecular weight is 412 g/mol. The zero-order valence-electron chi connectivity index (χ0n) is 16.2. The van der Waals surface area contributed by atoms with E-state index in [0.717, 1.165) is 11.3 Å². The highest BCUT2D eigenvalue weighted by Crippen LogP contribution is 2.29. The van der Waals surface area contributed by atoms with Crippen LogP contribution >= 0.6 is 11.3 Å². The maximum Gasteiger partial charge on any atom is 0.350 e. The van der Waals surface area contributed by atoms with Gasteiger partial charge in [0.25, 0.3) is 5.91 Å². The number of nitrogens with zero attached hydrogens (tertiary/aromatic N) is 4. The number of ether oxygens (including phenoxy) is 2. The lowest BCUT2D eigenvalue weighted by Crippen LogP contribution is -2.36. The van der Waals surface area contributed by atoms with Crippen molar-refractivity contribution < 1.29 is 19.1 Å². The van der Waals surface area contributed by atoms with Crippen LogP contribution in [0.3, 0.4) is 0 Å². The van der Waals surface area contributed by atoms with Crippen LogP contribution in [0.1, 0.15) is 28.2 Å². The highest BCUT2D eigenvalue weighted by Gasteiger charge is 2.20. The fourth-order valence-electron chi connectivity index (χ4n) is 2.46. The number of nitriles is 2. The summed E-state index contributed by atoms with van der Waals surface area (Å²) in [6, 6.07) is 11.2. The molecule has 1 heterocycles. The van der Waals surface area contributed by atoms with Crippen molar-refractivity contribution in [2.24, 2.45) is 0 Å². The van der Waals surface area contributed by atoms with Crippen LogP contribution in [0.2, 0.25) is 0 Å². The lowest BCUT2D eigenvalue weighted by atomic mass is 10.2. The van der Waals surface area contributed by atoms with Gasteiger partial charge in [-0.2, -0.15) is 10.5 Å². The molecular formula is C20H20N4O4S. The van der Waals surface area contributed by atoms with E-state index in [4.69, 9.17) is 20.0 Å². The van der Waals surface area contributed by atoms with Crippen molar-refractivity contribution in [3.05, 3.63) is 34.8 Å².